The molecule has 5 heteroatoms. The zero-order chi connectivity index (χ0) is 17.4. The number of aromatic nitrogens is 2. The molecule has 2 aliphatic rings. The molecule has 0 unspecified atom stereocenters. The van der Waals surface area contributed by atoms with Crippen LogP contribution in [0.3, 0.4) is 0 Å². The molecule has 2 fully saturated rings. The van der Waals surface area contributed by atoms with Gasteiger partial charge in [-0.3, -0.25) is 4.79 Å². The van der Waals surface area contributed by atoms with Crippen LogP contribution in [0, 0.1) is 5.92 Å². The maximum Gasteiger partial charge on any atom is 0.251 e. The Bertz CT molecular complexity index is 761. The molecule has 0 radical (unpaired) electrons. The first-order chi connectivity index (χ1) is 12.2. The number of piperidine rings is 1. The van der Waals surface area contributed by atoms with Crippen LogP contribution >= 0.6 is 0 Å². The van der Waals surface area contributed by atoms with E-state index < -0.39 is 0 Å². The molecular formula is C20H27N3O2. The van der Waals surface area contributed by atoms with Gasteiger partial charge in [0.15, 0.2) is 0 Å². The zero-order valence-electron chi connectivity index (χ0n) is 15.1. The highest BCUT2D eigenvalue weighted by Gasteiger charge is 2.36. The fourth-order valence-electron chi connectivity index (χ4n) is 4.29. The van der Waals surface area contributed by atoms with Crippen molar-refractivity contribution in [2.75, 3.05) is 19.7 Å². The number of carbonyl (C=O) groups excluding carboxylic acids is 1. The molecule has 0 spiro atoms. The van der Waals surface area contributed by atoms with Gasteiger partial charge in [-0.2, -0.15) is 0 Å². The molecule has 2 aromatic rings. The van der Waals surface area contributed by atoms with Crippen LogP contribution in [0.15, 0.2) is 24.3 Å². The van der Waals surface area contributed by atoms with Crippen molar-refractivity contribution in [3.05, 3.63) is 30.1 Å². The lowest BCUT2D eigenvalue weighted by molar-refractivity contribution is -0.143. The number of amides is 1. The van der Waals surface area contributed by atoms with Crippen molar-refractivity contribution in [1.82, 2.24) is 14.5 Å². The number of para-hydroxylation sites is 2. The van der Waals surface area contributed by atoms with Crippen LogP contribution in [0.4, 0.5) is 0 Å². The molecule has 5 nitrogen and oxygen atoms in total. The number of rotatable bonds is 3. The Morgan fingerprint density at radius 2 is 2.00 bits per heavy atom. The molecule has 1 aromatic carbocycles. The van der Waals surface area contributed by atoms with Crippen LogP contribution < -0.4 is 0 Å². The molecule has 4 rings (SSSR count). The molecule has 2 atom stereocenters. The normalized spacial score (nSPS) is 25.0. The van der Waals surface area contributed by atoms with Crippen LogP contribution in [0.1, 0.15) is 45.0 Å². The largest absolute Gasteiger partial charge is 0.368 e. The van der Waals surface area contributed by atoms with E-state index in [2.05, 4.69) is 36.6 Å². The predicted molar refractivity (Wildman–Crippen MR) is 97.5 cm³/mol. The third kappa shape index (κ3) is 2.95. The highest BCUT2D eigenvalue weighted by molar-refractivity contribution is 5.81. The third-order valence-electron chi connectivity index (χ3n) is 5.76. The highest BCUT2D eigenvalue weighted by Crippen LogP contribution is 2.30. The molecule has 134 valence electrons. The van der Waals surface area contributed by atoms with Gasteiger partial charge in [-0.15, -0.1) is 0 Å². The van der Waals surface area contributed by atoms with E-state index in [0.29, 0.717) is 12.0 Å². The van der Waals surface area contributed by atoms with Crippen molar-refractivity contribution < 1.29 is 9.53 Å². The Balaban J connectivity index is 1.50. The molecule has 2 saturated heterocycles. The molecule has 0 N–H and O–H groups in total. The van der Waals surface area contributed by atoms with Gasteiger partial charge in [0.2, 0.25) is 0 Å². The summed E-state index contributed by atoms with van der Waals surface area (Å²) in [5, 5.41) is 0. The van der Waals surface area contributed by atoms with Crippen molar-refractivity contribution in [1.29, 1.82) is 0 Å². The monoisotopic (exact) mass is 341 g/mol. The maximum absolute atomic E-state index is 12.7. The standard InChI is InChI=1S/C20H27N3O2/c1-3-18-21-16-6-4-5-7-17(16)23(18)15-8-11-22(12-9-15)20(24)19-14(2)10-13-25-19/h4-7,14-15,19H,3,8-13H2,1-2H3/t14-,19-/m0/s1. The smallest absolute Gasteiger partial charge is 0.251 e. The average Bonchev–Trinajstić information content (AvgIpc) is 3.24. The molecule has 1 aromatic heterocycles. The molecule has 25 heavy (non-hydrogen) atoms. The third-order valence-corrected chi connectivity index (χ3v) is 5.76. The summed E-state index contributed by atoms with van der Waals surface area (Å²) in [5.41, 5.74) is 2.29. The van der Waals surface area contributed by atoms with Gasteiger partial charge in [0, 0.05) is 32.2 Å². The van der Waals surface area contributed by atoms with Crippen molar-refractivity contribution in [2.45, 2.75) is 51.7 Å². The van der Waals surface area contributed by atoms with Crippen molar-refractivity contribution in [2.24, 2.45) is 5.92 Å². The van der Waals surface area contributed by atoms with E-state index >= 15 is 0 Å². The lowest BCUT2D eigenvalue weighted by atomic mass is 10.00. The summed E-state index contributed by atoms with van der Waals surface area (Å²) in [6, 6.07) is 8.80. The van der Waals surface area contributed by atoms with E-state index in [0.717, 1.165) is 56.7 Å². The fraction of sp³-hybridized carbons (Fsp3) is 0.600. The summed E-state index contributed by atoms with van der Waals surface area (Å²) in [5.74, 6) is 1.68. The van der Waals surface area contributed by atoms with Crippen LogP contribution in [0.2, 0.25) is 0 Å². The minimum atomic E-state index is -0.225. The van der Waals surface area contributed by atoms with Gasteiger partial charge in [0.05, 0.1) is 11.0 Å². The number of benzene rings is 1. The Labute approximate surface area is 149 Å². The molecular weight excluding hydrogens is 314 g/mol. The second kappa shape index (κ2) is 6.79. The van der Waals surface area contributed by atoms with E-state index in [-0.39, 0.29) is 12.0 Å². The van der Waals surface area contributed by atoms with E-state index in [1.54, 1.807) is 0 Å². The quantitative estimate of drug-likeness (QED) is 0.861. The Kier molecular flexibility index (Phi) is 4.50. The molecule has 0 aliphatic carbocycles. The van der Waals surface area contributed by atoms with E-state index in [1.807, 2.05) is 11.0 Å². The van der Waals surface area contributed by atoms with E-state index in [1.165, 1.54) is 5.52 Å². The van der Waals surface area contributed by atoms with Gasteiger partial charge >= 0.3 is 0 Å². The van der Waals surface area contributed by atoms with Gasteiger partial charge in [-0.05, 0) is 37.3 Å². The van der Waals surface area contributed by atoms with Crippen LogP contribution in [-0.2, 0) is 16.0 Å². The maximum atomic E-state index is 12.7. The molecule has 1 amide bonds. The van der Waals surface area contributed by atoms with Gasteiger partial charge in [0.25, 0.3) is 5.91 Å². The summed E-state index contributed by atoms with van der Waals surface area (Å²) in [4.78, 5) is 19.5. The van der Waals surface area contributed by atoms with Crippen LogP contribution in [0.25, 0.3) is 11.0 Å². The van der Waals surface area contributed by atoms with E-state index in [9.17, 15) is 4.79 Å². The van der Waals surface area contributed by atoms with Gasteiger partial charge in [0.1, 0.15) is 11.9 Å². The first-order valence-corrected chi connectivity index (χ1v) is 9.55. The van der Waals surface area contributed by atoms with Gasteiger partial charge in [-0.1, -0.05) is 26.0 Å². The highest BCUT2D eigenvalue weighted by atomic mass is 16.5. The number of imidazole rings is 1. The van der Waals surface area contributed by atoms with Gasteiger partial charge < -0.3 is 14.2 Å². The summed E-state index contributed by atoms with van der Waals surface area (Å²) in [6.45, 7) is 6.62. The summed E-state index contributed by atoms with van der Waals surface area (Å²) in [7, 11) is 0. The fourth-order valence-corrected chi connectivity index (χ4v) is 4.29. The zero-order valence-corrected chi connectivity index (χ0v) is 15.1. The lowest BCUT2D eigenvalue weighted by Crippen LogP contribution is -2.45. The van der Waals surface area contributed by atoms with Crippen LogP contribution in [0.5, 0.6) is 0 Å². The van der Waals surface area contributed by atoms with E-state index in [4.69, 9.17) is 9.72 Å². The van der Waals surface area contributed by atoms with Crippen molar-refractivity contribution in [3.8, 4) is 0 Å². The number of hydrogen-bond donors (Lipinski definition) is 0. The van der Waals surface area contributed by atoms with Crippen LogP contribution in [-0.4, -0.2) is 46.2 Å². The summed E-state index contributed by atoms with van der Waals surface area (Å²) >= 11 is 0. The van der Waals surface area contributed by atoms with Gasteiger partial charge in [-0.25, -0.2) is 4.98 Å². The number of carbonyl (C=O) groups is 1. The van der Waals surface area contributed by atoms with Crippen molar-refractivity contribution >= 4 is 16.9 Å². The predicted octanol–water partition coefficient (Wildman–Crippen LogP) is 3.19. The number of fused-ring (bicyclic) bond motifs is 1. The summed E-state index contributed by atoms with van der Waals surface area (Å²) in [6.07, 6.45) is 3.67. The molecule has 0 saturated carbocycles. The minimum absolute atomic E-state index is 0.189. The Hall–Kier alpha value is -1.88. The minimum Gasteiger partial charge on any atom is -0.368 e. The molecule has 2 aliphatic heterocycles. The Morgan fingerprint density at radius 3 is 2.68 bits per heavy atom. The first kappa shape index (κ1) is 16.6. The molecule has 0 bridgehead atoms. The SMILES string of the molecule is CCc1nc2ccccc2n1C1CCN(C(=O)[C@H]2OCC[C@@H]2C)CC1. The number of likely N-dealkylation sites (tertiary alicyclic amines) is 1. The number of nitrogens with zero attached hydrogens (tertiary/aromatic N) is 3. The van der Waals surface area contributed by atoms with Crippen molar-refractivity contribution in [3.63, 3.8) is 0 Å². The Morgan fingerprint density at radius 1 is 1.24 bits per heavy atom. The number of aryl methyl sites for hydroxylation is 1. The average molecular weight is 341 g/mol. The first-order valence-electron chi connectivity index (χ1n) is 9.55. The topological polar surface area (TPSA) is 47.4 Å². The second-order valence-electron chi connectivity index (χ2n) is 7.35. The number of ether oxygens (including phenoxy) is 1. The number of hydrogen-bond acceptors (Lipinski definition) is 3. The lowest BCUT2D eigenvalue weighted by Gasteiger charge is -2.35. The second-order valence-corrected chi connectivity index (χ2v) is 7.35. The molecule has 3 heterocycles. The summed E-state index contributed by atoms with van der Waals surface area (Å²) < 4.78 is 8.08.